The van der Waals surface area contributed by atoms with Gasteiger partial charge in [-0.05, 0) is 25.2 Å². The maximum atomic E-state index is 12.0. The van der Waals surface area contributed by atoms with Crippen LogP contribution in [0.25, 0.3) is 0 Å². The third-order valence-corrected chi connectivity index (χ3v) is 3.71. The highest BCUT2D eigenvalue weighted by Gasteiger charge is 2.27. The molecular weight excluding hydrogens is 264 g/mol. The van der Waals surface area contributed by atoms with Crippen LogP contribution in [0.2, 0.25) is 0 Å². The minimum Gasteiger partial charge on any atom is -0.348 e. The Kier molecular flexibility index (Phi) is 5.38. The van der Waals surface area contributed by atoms with Crippen molar-refractivity contribution in [2.75, 3.05) is 0 Å². The molecule has 0 fully saturated rings. The lowest BCUT2D eigenvalue weighted by molar-refractivity contribution is -0.124. The van der Waals surface area contributed by atoms with Gasteiger partial charge in [-0.15, -0.1) is 12.4 Å². The van der Waals surface area contributed by atoms with Crippen molar-refractivity contribution in [3.05, 3.63) is 17.5 Å². The average molecular weight is 287 g/mol. The summed E-state index contributed by atoms with van der Waals surface area (Å²) in [6.45, 7) is 3.92. The van der Waals surface area contributed by atoms with E-state index in [1.165, 1.54) is 5.69 Å². The van der Waals surface area contributed by atoms with Gasteiger partial charge in [-0.1, -0.05) is 13.8 Å². The van der Waals surface area contributed by atoms with E-state index in [0.717, 1.165) is 24.8 Å². The monoisotopic (exact) mass is 286 g/mol. The molecule has 1 heterocycles. The summed E-state index contributed by atoms with van der Waals surface area (Å²) in [6.07, 6.45) is 4.94. The molecule has 0 aromatic carbocycles. The van der Waals surface area contributed by atoms with Crippen LogP contribution < -0.4 is 11.1 Å². The number of nitrogens with one attached hydrogen (secondary N) is 1. The molecule has 0 saturated heterocycles. The highest BCUT2D eigenvalue weighted by atomic mass is 35.5. The first-order chi connectivity index (χ1) is 8.50. The minimum absolute atomic E-state index is 0. The largest absolute Gasteiger partial charge is 0.348 e. The zero-order chi connectivity index (χ0) is 13.3. The third-order valence-electron chi connectivity index (χ3n) is 3.71. The maximum Gasteiger partial charge on any atom is 0.237 e. The quantitative estimate of drug-likeness (QED) is 0.880. The number of nitrogens with two attached hydrogens (primary N) is 1. The fourth-order valence-electron chi connectivity index (χ4n) is 2.43. The molecule has 3 N–H and O–H groups in total. The van der Waals surface area contributed by atoms with Crippen molar-refractivity contribution in [2.45, 2.75) is 45.2 Å². The number of hydrogen-bond donors (Lipinski definition) is 2. The van der Waals surface area contributed by atoms with Gasteiger partial charge in [-0.25, -0.2) is 0 Å². The molecule has 2 rings (SSSR count). The summed E-state index contributed by atoms with van der Waals surface area (Å²) >= 11 is 0. The molecule has 0 aliphatic heterocycles. The zero-order valence-electron chi connectivity index (χ0n) is 11.7. The van der Waals surface area contributed by atoms with E-state index in [0.29, 0.717) is 0 Å². The molecule has 1 aliphatic rings. The summed E-state index contributed by atoms with van der Waals surface area (Å²) in [4.78, 5) is 12.0. The number of rotatable bonds is 3. The Morgan fingerprint density at radius 2 is 2.26 bits per heavy atom. The van der Waals surface area contributed by atoms with Crippen molar-refractivity contribution in [1.29, 1.82) is 0 Å². The summed E-state index contributed by atoms with van der Waals surface area (Å²) < 4.78 is 1.90. The Hall–Kier alpha value is -1.07. The SMILES string of the molecule is CC(C)[C@H](N)C(=O)NC1CCCc2c1cnn2C.Cl. The summed E-state index contributed by atoms with van der Waals surface area (Å²) in [7, 11) is 1.95. The van der Waals surface area contributed by atoms with Gasteiger partial charge in [0.25, 0.3) is 0 Å². The molecule has 2 atom stereocenters. The molecule has 108 valence electrons. The van der Waals surface area contributed by atoms with E-state index in [4.69, 9.17) is 5.73 Å². The van der Waals surface area contributed by atoms with Crippen LogP contribution in [0.4, 0.5) is 0 Å². The van der Waals surface area contributed by atoms with Crippen LogP contribution in [0, 0.1) is 5.92 Å². The van der Waals surface area contributed by atoms with Crippen molar-refractivity contribution >= 4 is 18.3 Å². The van der Waals surface area contributed by atoms with Crippen molar-refractivity contribution < 1.29 is 4.79 Å². The van der Waals surface area contributed by atoms with E-state index in [1.807, 2.05) is 31.8 Å². The van der Waals surface area contributed by atoms with Crippen molar-refractivity contribution in [3.63, 3.8) is 0 Å². The van der Waals surface area contributed by atoms with E-state index < -0.39 is 6.04 Å². The molecular formula is C13H23ClN4O. The normalized spacial score (nSPS) is 19.5. The standard InChI is InChI=1S/C13H22N4O.ClH/c1-8(2)12(14)13(18)16-10-5-4-6-11-9(10)7-15-17(11)3;/h7-8,10,12H,4-6,14H2,1-3H3,(H,16,18);1H/t10?,12-;/m0./s1. The number of carbonyl (C=O) groups is 1. The third kappa shape index (κ3) is 3.28. The fourth-order valence-corrected chi connectivity index (χ4v) is 2.43. The van der Waals surface area contributed by atoms with Crippen molar-refractivity contribution in [3.8, 4) is 0 Å². The smallest absolute Gasteiger partial charge is 0.237 e. The van der Waals surface area contributed by atoms with E-state index in [1.54, 1.807) is 0 Å². The number of aromatic nitrogens is 2. The zero-order valence-corrected chi connectivity index (χ0v) is 12.5. The van der Waals surface area contributed by atoms with Crippen LogP contribution in [0.1, 0.15) is 44.0 Å². The molecule has 5 nitrogen and oxygen atoms in total. The molecule has 6 heteroatoms. The fraction of sp³-hybridized carbons (Fsp3) is 0.692. The van der Waals surface area contributed by atoms with E-state index in [9.17, 15) is 4.79 Å². The van der Waals surface area contributed by atoms with E-state index in [-0.39, 0.29) is 30.3 Å². The van der Waals surface area contributed by atoms with Gasteiger partial charge in [0.1, 0.15) is 0 Å². The number of amides is 1. The second kappa shape index (κ2) is 6.39. The Morgan fingerprint density at radius 1 is 1.58 bits per heavy atom. The predicted octanol–water partition coefficient (Wildman–Crippen LogP) is 1.32. The molecule has 0 bridgehead atoms. The number of halogens is 1. The topological polar surface area (TPSA) is 72.9 Å². The highest BCUT2D eigenvalue weighted by Crippen LogP contribution is 2.29. The Bertz CT molecular complexity index is 444. The van der Waals surface area contributed by atoms with Crippen LogP contribution >= 0.6 is 12.4 Å². The van der Waals surface area contributed by atoms with Gasteiger partial charge in [0.05, 0.1) is 18.3 Å². The summed E-state index contributed by atoms with van der Waals surface area (Å²) in [5.41, 5.74) is 8.24. The molecule has 19 heavy (non-hydrogen) atoms. The Balaban J connectivity index is 0.00000180. The predicted molar refractivity (Wildman–Crippen MR) is 77.1 cm³/mol. The Morgan fingerprint density at radius 3 is 2.89 bits per heavy atom. The lowest BCUT2D eigenvalue weighted by Gasteiger charge is -2.26. The summed E-state index contributed by atoms with van der Waals surface area (Å²) in [5, 5.41) is 7.32. The highest BCUT2D eigenvalue weighted by molar-refractivity contribution is 5.85. The number of carbonyl (C=O) groups excluding carboxylic acids is 1. The summed E-state index contributed by atoms with van der Waals surface area (Å²) in [5.74, 6) is 0.0914. The first kappa shape index (κ1) is 16.0. The maximum absolute atomic E-state index is 12.0. The van der Waals surface area contributed by atoms with Gasteiger partial charge >= 0.3 is 0 Å². The molecule has 0 radical (unpaired) electrons. The van der Waals surface area contributed by atoms with Gasteiger partial charge in [0.2, 0.25) is 5.91 Å². The van der Waals surface area contributed by atoms with Crippen LogP contribution in [0.3, 0.4) is 0 Å². The van der Waals surface area contributed by atoms with Gasteiger partial charge in [0, 0.05) is 18.3 Å². The van der Waals surface area contributed by atoms with E-state index >= 15 is 0 Å². The van der Waals surface area contributed by atoms with Crippen LogP contribution in [0.5, 0.6) is 0 Å². The molecule has 1 amide bonds. The lowest BCUT2D eigenvalue weighted by Crippen LogP contribution is -2.45. The Labute approximate surface area is 120 Å². The minimum atomic E-state index is -0.438. The number of nitrogens with zero attached hydrogens (tertiary/aromatic N) is 2. The van der Waals surface area contributed by atoms with Gasteiger partial charge < -0.3 is 11.1 Å². The molecule has 1 aliphatic carbocycles. The van der Waals surface area contributed by atoms with Crippen molar-refractivity contribution in [1.82, 2.24) is 15.1 Å². The first-order valence-electron chi connectivity index (χ1n) is 6.57. The molecule has 0 spiro atoms. The van der Waals surface area contributed by atoms with E-state index in [2.05, 4.69) is 10.4 Å². The number of aryl methyl sites for hydroxylation is 1. The second-order valence-corrected chi connectivity index (χ2v) is 5.39. The van der Waals surface area contributed by atoms with Gasteiger partial charge in [-0.3, -0.25) is 9.48 Å². The van der Waals surface area contributed by atoms with Gasteiger partial charge in [0.15, 0.2) is 0 Å². The average Bonchev–Trinajstić information content (AvgIpc) is 2.71. The summed E-state index contributed by atoms with van der Waals surface area (Å²) in [6, 6.07) is -0.369. The van der Waals surface area contributed by atoms with Crippen LogP contribution in [-0.2, 0) is 18.3 Å². The molecule has 1 aromatic rings. The molecule has 1 unspecified atom stereocenters. The van der Waals surface area contributed by atoms with Crippen molar-refractivity contribution in [2.24, 2.45) is 18.7 Å². The lowest BCUT2D eigenvalue weighted by atomic mass is 9.92. The number of hydrogen-bond acceptors (Lipinski definition) is 3. The molecule has 1 aromatic heterocycles. The van der Waals surface area contributed by atoms with Crippen LogP contribution in [-0.4, -0.2) is 21.7 Å². The second-order valence-electron chi connectivity index (χ2n) is 5.39. The first-order valence-corrected chi connectivity index (χ1v) is 6.57. The van der Waals surface area contributed by atoms with Gasteiger partial charge in [-0.2, -0.15) is 5.10 Å². The molecule has 0 saturated carbocycles. The van der Waals surface area contributed by atoms with Crippen LogP contribution in [0.15, 0.2) is 6.20 Å². The number of fused-ring (bicyclic) bond motifs is 1.